The maximum atomic E-state index is 12.3. The highest BCUT2D eigenvalue weighted by atomic mass is 16.6. The quantitative estimate of drug-likeness (QED) is 0.920. The Balaban J connectivity index is 1.62. The van der Waals surface area contributed by atoms with Gasteiger partial charge in [-0.1, -0.05) is 30.3 Å². The van der Waals surface area contributed by atoms with Crippen molar-refractivity contribution >= 4 is 12.1 Å². The Hall–Kier alpha value is -2.08. The molecule has 3 rings (SSSR count). The molecule has 1 aromatic rings. The van der Waals surface area contributed by atoms with Gasteiger partial charge in [-0.25, -0.2) is 4.79 Å². The smallest absolute Gasteiger partial charge is 0.410 e. The van der Waals surface area contributed by atoms with Crippen molar-refractivity contribution < 1.29 is 24.2 Å². The first-order chi connectivity index (χ1) is 10.7. The first-order valence-corrected chi connectivity index (χ1v) is 7.44. The summed E-state index contributed by atoms with van der Waals surface area (Å²) in [5.41, 5.74) is 0.926. The lowest BCUT2D eigenvalue weighted by Gasteiger charge is -2.38. The zero-order chi connectivity index (χ0) is 15.5. The number of ether oxygens (including phenoxy) is 2. The van der Waals surface area contributed by atoms with Crippen LogP contribution in [0.25, 0.3) is 0 Å². The first-order valence-electron chi connectivity index (χ1n) is 7.44. The van der Waals surface area contributed by atoms with Gasteiger partial charge >= 0.3 is 12.1 Å². The van der Waals surface area contributed by atoms with E-state index in [9.17, 15) is 14.7 Å². The van der Waals surface area contributed by atoms with Gasteiger partial charge in [0, 0.05) is 12.5 Å². The van der Waals surface area contributed by atoms with E-state index in [0.717, 1.165) is 5.56 Å². The molecule has 0 saturated carbocycles. The molecule has 6 nitrogen and oxygen atoms in total. The van der Waals surface area contributed by atoms with Crippen molar-refractivity contribution in [1.82, 2.24) is 4.90 Å². The molecule has 22 heavy (non-hydrogen) atoms. The summed E-state index contributed by atoms with van der Waals surface area (Å²) in [7, 11) is 0. The maximum absolute atomic E-state index is 12.3. The lowest BCUT2D eigenvalue weighted by Crippen LogP contribution is -2.52. The second-order valence-electron chi connectivity index (χ2n) is 5.74. The molecule has 1 amide bonds. The zero-order valence-electron chi connectivity index (χ0n) is 12.2. The van der Waals surface area contributed by atoms with E-state index in [1.165, 1.54) is 0 Å². The molecule has 2 heterocycles. The molecule has 0 radical (unpaired) electrons. The number of carboxylic acid groups (broad SMARTS) is 1. The molecular weight excluding hydrogens is 286 g/mol. The number of carboxylic acids is 1. The van der Waals surface area contributed by atoms with Gasteiger partial charge in [0.15, 0.2) is 0 Å². The SMILES string of the molecule is O=C(O)C1CCN(C(=O)OCc2ccccc2)[C@@H]2COC[C@@H]12. The topological polar surface area (TPSA) is 76.1 Å². The second-order valence-corrected chi connectivity index (χ2v) is 5.74. The minimum Gasteiger partial charge on any atom is -0.481 e. The highest BCUT2D eigenvalue weighted by molar-refractivity contribution is 5.73. The number of hydrogen-bond acceptors (Lipinski definition) is 4. The standard InChI is InChI=1S/C16H19NO5/c18-15(19)12-6-7-17(14-10-21-9-13(12)14)16(20)22-8-11-4-2-1-3-5-11/h1-5,12-14H,6-10H2,(H,18,19)/t12?,13-,14+/m0/s1. The van der Waals surface area contributed by atoms with Crippen molar-refractivity contribution in [2.45, 2.75) is 19.1 Å². The van der Waals surface area contributed by atoms with Crippen molar-refractivity contribution in [1.29, 1.82) is 0 Å². The lowest BCUT2D eigenvalue weighted by molar-refractivity contribution is -0.146. The van der Waals surface area contributed by atoms with E-state index in [0.29, 0.717) is 26.2 Å². The van der Waals surface area contributed by atoms with Crippen LogP contribution in [0.4, 0.5) is 4.79 Å². The van der Waals surface area contributed by atoms with Crippen LogP contribution in [0.3, 0.4) is 0 Å². The fourth-order valence-corrected chi connectivity index (χ4v) is 3.26. The summed E-state index contributed by atoms with van der Waals surface area (Å²) in [6.07, 6.45) is 0.0495. The highest BCUT2D eigenvalue weighted by Crippen LogP contribution is 2.34. The molecule has 0 bridgehead atoms. The average molecular weight is 305 g/mol. The van der Waals surface area contributed by atoms with Crippen LogP contribution < -0.4 is 0 Å². The molecule has 1 N–H and O–H groups in total. The van der Waals surface area contributed by atoms with Gasteiger partial charge < -0.3 is 19.5 Å². The van der Waals surface area contributed by atoms with Crippen molar-refractivity contribution in [3.63, 3.8) is 0 Å². The Labute approximate surface area is 128 Å². The minimum atomic E-state index is -0.808. The summed E-state index contributed by atoms with van der Waals surface area (Å²) in [6.45, 7) is 1.39. The fraction of sp³-hybridized carbons (Fsp3) is 0.500. The highest BCUT2D eigenvalue weighted by Gasteiger charge is 2.46. The van der Waals surface area contributed by atoms with Gasteiger partial charge in [0.05, 0.1) is 25.2 Å². The number of likely N-dealkylation sites (tertiary alicyclic amines) is 1. The van der Waals surface area contributed by atoms with Gasteiger partial charge in [-0.05, 0) is 12.0 Å². The third-order valence-electron chi connectivity index (χ3n) is 4.45. The number of fused-ring (bicyclic) bond motifs is 1. The van der Waals surface area contributed by atoms with Crippen molar-refractivity contribution in [2.75, 3.05) is 19.8 Å². The third-order valence-corrected chi connectivity index (χ3v) is 4.45. The monoisotopic (exact) mass is 305 g/mol. The van der Waals surface area contributed by atoms with Crippen molar-refractivity contribution in [3.8, 4) is 0 Å². The summed E-state index contributed by atoms with van der Waals surface area (Å²) >= 11 is 0. The molecule has 2 fully saturated rings. The second kappa shape index (κ2) is 6.36. The number of rotatable bonds is 3. The summed E-state index contributed by atoms with van der Waals surface area (Å²) in [5, 5.41) is 9.27. The normalized spacial score (nSPS) is 27.3. The Kier molecular flexibility index (Phi) is 4.29. The van der Waals surface area contributed by atoms with Gasteiger partial charge in [-0.3, -0.25) is 4.79 Å². The minimum absolute atomic E-state index is 0.143. The molecule has 2 saturated heterocycles. The fourth-order valence-electron chi connectivity index (χ4n) is 3.26. The van der Waals surface area contributed by atoms with E-state index in [1.54, 1.807) is 4.90 Å². The van der Waals surface area contributed by atoms with E-state index in [4.69, 9.17) is 9.47 Å². The molecule has 1 unspecified atom stereocenters. The molecule has 0 spiro atoms. The van der Waals surface area contributed by atoms with Crippen LogP contribution in [0, 0.1) is 11.8 Å². The van der Waals surface area contributed by atoms with Crippen molar-refractivity contribution in [2.24, 2.45) is 11.8 Å². The number of amides is 1. The van der Waals surface area contributed by atoms with Crippen LogP contribution in [0.2, 0.25) is 0 Å². The Morgan fingerprint density at radius 1 is 1.27 bits per heavy atom. The van der Waals surface area contributed by atoms with Gasteiger partial charge in [0.1, 0.15) is 6.61 Å². The van der Waals surface area contributed by atoms with Gasteiger partial charge in [0.2, 0.25) is 0 Å². The molecule has 6 heteroatoms. The summed E-state index contributed by atoms with van der Waals surface area (Å²) in [6, 6.07) is 9.28. The largest absolute Gasteiger partial charge is 0.481 e. The predicted octanol–water partition coefficient (Wildman–Crippen LogP) is 1.74. The molecule has 2 aliphatic rings. The van der Waals surface area contributed by atoms with Gasteiger partial charge in [-0.15, -0.1) is 0 Å². The number of hydrogen-bond donors (Lipinski definition) is 1. The van der Waals surface area contributed by atoms with E-state index >= 15 is 0 Å². The van der Waals surface area contributed by atoms with E-state index in [-0.39, 0.29) is 18.6 Å². The molecule has 3 atom stereocenters. The van der Waals surface area contributed by atoms with Crippen LogP contribution in [0.5, 0.6) is 0 Å². The van der Waals surface area contributed by atoms with Crippen molar-refractivity contribution in [3.05, 3.63) is 35.9 Å². The number of carbonyl (C=O) groups is 2. The molecule has 0 aliphatic carbocycles. The van der Waals surface area contributed by atoms with Crippen LogP contribution in [-0.2, 0) is 20.9 Å². The lowest BCUT2D eigenvalue weighted by atomic mass is 9.82. The number of carbonyl (C=O) groups excluding carboxylic acids is 1. The number of piperidine rings is 1. The first kappa shape index (κ1) is 14.8. The average Bonchev–Trinajstić information content (AvgIpc) is 3.02. The van der Waals surface area contributed by atoms with Gasteiger partial charge in [0.25, 0.3) is 0 Å². The van der Waals surface area contributed by atoms with E-state index in [2.05, 4.69) is 0 Å². The summed E-state index contributed by atoms with van der Waals surface area (Å²) < 4.78 is 10.8. The molecule has 118 valence electrons. The van der Waals surface area contributed by atoms with Gasteiger partial charge in [-0.2, -0.15) is 0 Å². The molecular formula is C16H19NO5. The summed E-state index contributed by atoms with van der Waals surface area (Å²) in [5.74, 6) is -1.39. The van der Waals surface area contributed by atoms with Crippen LogP contribution in [-0.4, -0.2) is 47.9 Å². The Morgan fingerprint density at radius 3 is 2.77 bits per heavy atom. The molecule has 0 aromatic heterocycles. The maximum Gasteiger partial charge on any atom is 0.410 e. The number of benzene rings is 1. The van der Waals surface area contributed by atoms with Crippen LogP contribution >= 0.6 is 0 Å². The van der Waals surface area contributed by atoms with E-state index in [1.807, 2.05) is 30.3 Å². The third kappa shape index (κ3) is 2.92. The zero-order valence-corrected chi connectivity index (χ0v) is 12.2. The van der Waals surface area contributed by atoms with E-state index < -0.39 is 18.0 Å². The number of aliphatic carboxylic acids is 1. The molecule has 1 aromatic carbocycles. The predicted molar refractivity (Wildman–Crippen MR) is 77.2 cm³/mol. The molecule has 2 aliphatic heterocycles. The summed E-state index contributed by atoms with van der Waals surface area (Å²) in [4.78, 5) is 25.2. The van der Waals surface area contributed by atoms with Crippen LogP contribution in [0.15, 0.2) is 30.3 Å². The number of nitrogens with zero attached hydrogens (tertiary/aromatic N) is 1. The Morgan fingerprint density at radius 2 is 2.05 bits per heavy atom. The Bertz CT molecular complexity index is 547. The van der Waals surface area contributed by atoms with Crippen LogP contribution in [0.1, 0.15) is 12.0 Å².